The van der Waals surface area contributed by atoms with Gasteiger partial charge in [0.25, 0.3) is 0 Å². The van der Waals surface area contributed by atoms with Crippen LogP contribution in [0.15, 0.2) is 60.9 Å². The maximum absolute atomic E-state index is 12.7. The van der Waals surface area contributed by atoms with Crippen LogP contribution in [0.2, 0.25) is 0 Å². The summed E-state index contributed by atoms with van der Waals surface area (Å²) in [6, 6.07) is 18.0. The lowest BCUT2D eigenvalue weighted by atomic mass is 10.2. The number of nitrogens with zero attached hydrogens (tertiary/aromatic N) is 4. The van der Waals surface area contributed by atoms with E-state index in [2.05, 4.69) is 27.5 Å². The van der Waals surface area contributed by atoms with Crippen LogP contribution in [0.25, 0.3) is 11.4 Å². The molecule has 6 heteroatoms. The summed E-state index contributed by atoms with van der Waals surface area (Å²) in [7, 11) is 1.84. The fourth-order valence-electron chi connectivity index (χ4n) is 2.90. The Morgan fingerprint density at radius 3 is 2.50 bits per heavy atom. The lowest BCUT2D eigenvalue weighted by Crippen LogP contribution is -2.36. The van der Waals surface area contributed by atoms with E-state index in [1.165, 1.54) is 0 Å². The van der Waals surface area contributed by atoms with Gasteiger partial charge in [0.2, 0.25) is 0 Å². The fraction of sp³-hybridized carbons (Fsp3) is 0.250. The van der Waals surface area contributed by atoms with Crippen LogP contribution >= 0.6 is 0 Å². The summed E-state index contributed by atoms with van der Waals surface area (Å²) in [4.78, 5) is 18.9. The first-order valence-corrected chi connectivity index (χ1v) is 8.77. The maximum atomic E-state index is 12.7. The van der Waals surface area contributed by atoms with Gasteiger partial charge in [-0.2, -0.15) is 5.10 Å². The Hall–Kier alpha value is -3.15. The third-order valence-corrected chi connectivity index (χ3v) is 4.44. The minimum atomic E-state index is -0.0555. The summed E-state index contributed by atoms with van der Waals surface area (Å²) in [6.07, 6.45) is 3.82. The molecule has 6 nitrogen and oxygen atoms in total. The van der Waals surface area contributed by atoms with Crippen molar-refractivity contribution in [2.75, 3.05) is 5.32 Å². The van der Waals surface area contributed by atoms with Crippen molar-refractivity contribution in [1.82, 2.24) is 19.7 Å². The number of amides is 2. The van der Waals surface area contributed by atoms with Crippen molar-refractivity contribution in [2.24, 2.45) is 7.05 Å². The zero-order chi connectivity index (χ0) is 17.9. The van der Waals surface area contributed by atoms with E-state index in [-0.39, 0.29) is 6.03 Å². The molecule has 1 fully saturated rings. The van der Waals surface area contributed by atoms with Crippen LogP contribution in [-0.2, 0) is 13.6 Å². The molecule has 2 amide bonds. The normalized spacial score (nSPS) is 13.4. The minimum Gasteiger partial charge on any atom is -0.317 e. The van der Waals surface area contributed by atoms with E-state index >= 15 is 0 Å². The number of hydrogen-bond acceptors (Lipinski definition) is 3. The van der Waals surface area contributed by atoms with Crippen molar-refractivity contribution in [2.45, 2.75) is 25.4 Å². The molecule has 0 atom stereocenters. The highest BCUT2D eigenvalue weighted by molar-refractivity contribution is 5.90. The number of hydrogen-bond donors (Lipinski definition) is 1. The lowest BCUT2D eigenvalue weighted by Gasteiger charge is -2.23. The molecule has 1 heterocycles. The summed E-state index contributed by atoms with van der Waals surface area (Å²) in [5.74, 6) is 0.675. The molecule has 0 spiro atoms. The molecule has 3 aromatic rings. The number of anilines is 1. The molecule has 1 N–H and O–H groups in total. The van der Waals surface area contributed by atoms with Crippen molar-refractivity contribution in [1.29, 1.82) is 0 Å². The van der Waals surface area contributed by atoms with E-state index in [0.29, 0.717) is 18.4 Å². The molecule has 0 aliphatic heterocycles. The van der Waals surface area contributed by atoms with E-state index in [4.69, 9.17) is 0 Å². The van der Waals surface area contributed by atoms with Crippen LogP contribution in [0.1, 0.15) is 18.4 Å². The molecule has 2 aromatic carbocycles. The van der Waals surface area contributed by atoms with Gasteiger partial charge in [0.1, 0.15) is 6.33 Å². The molecule has 4 rings (SSSR count). The largest absolute Gasteiger partial charge is 0.322 e. The summed E-state index contributed by atoms with van der Waals surface area (Å²) < 4.78 is 1.67. The van der Waals surface area contributed by atoms with Crippen LogP contribution in [0.3, 0.4) is 0 Å². The molecule has 26 heavy (non-hydrogen) atoms. The fourth-order valence-corrected chi connectivity index (χ4v) is 2.90. The Bertz CT molecular complexity index is 884. The van der Waals surface area contributed by atoms with Crippen LogP contribution < -0.4 is 5.32 Å². The van der Waals surface area contributed by atoms with E-state index < -0.39 is 0 Å². The molecule has 0 unspecified atom stereocenters. The number of carbonyl (C=O) groups excluding carboxylic acids is 1. The van der Waals surface area contributed by atoms with Gasteiger partial charge in [0, 0.05) is 30.9 Å². The van der Waals surface area contributed by atoms with Gasteiger partial charge in [0.15, 0.2) is 5.82 Å². The SMILES string of the molecule is Cn1cnc(-c2ccc(NC(=O)N(Cc3ccccc3)C3CC3)cc2)n1. The first-order chi connectivity index (χ1) is 12.7. The first kappa shape index (κ1) is 16.3. The number of aryl methyl sites for hydroxylation is 1. The Morgan fingerprint density at radius 1 is 1.15 bits per heavy atom. The van der Waals surface area contributed by atoms with Crippen LogP contribution in [0.5, 0.6) is 0 Å². The second-order valence-corrected chi connectivity index (χ2v) is 6.59. The monoisotopic (exact) mass is 347 g/mol. The molecular weight excluding hydrogens is 326 g/mol. The van der Waals surface area contributed by atoms with Crippen molar-refractivity contribution >= 4 is 11.7 Å². The summed E-state index contributed by atoms with van der Waals surface area (Å²) in [5.41, 5.74) is 2.84. The molecule has 132 valence electrons. The number of carbonyl (C=O) groups is 1. The van der Waals surface area contributed by atoms with Crippen LogP contribution in [0.4, 0.5) is 10.5 Å². The Kier molecular flexibility index (Phi) is 4.39. The minimum absolute atomic E-state index is 0.0555. The molecule has 1 aliphatic carbocycles. The third kappa shape index (κ3) is 3.74. The molecule has 0 bridgehead atoms. The number of aromatic nitrogens is 3. The van der Waals surface area contributed by atoms with Crippen LogP contribution in [-0.4, -0.2) is 31.7 Å². The standard InChI is InChI=1S/C20H21N5O/c1-24-14-21-19(23-24)16-7-9-17(10-8-16)22-20(26)25(18-11-12-18)13-15-5-3-2-4-6-15/h2-10,14,18H,11-13H2,1H3,(H,22,26). The zero-order valence-electron chi connectivity index (χ0n) is 14.7. The Labute approximate surface area is 152 Å². The maximum Gasteiger partial charge on any atom is 0.322 e. The molecule has 0 radical (unpaired) electrons. The summed E-state index contributed by atoms with van der Waals surface area (Å²) in [5, 5.41) is 7.30. The van der Waals surface area contributed by atoms with E-state index in [1.807, 2.05) is 54.4 Å². The van der Waals surface area contributed by atoms with Gasteiger partial charge in [0.05, 0.1) is 0 Å². The molecule has 1 saturated carbocycles. The molecular formula is C20H21N5O. The quantitative estimate of drug-likeness (QED) is 0.766. The highest BCUT2D eigenvalue weighted by Crippen LogP contribution is 2.29. The number of rotatable bonds is 5. The summed E-state index contributed by atoms with van der Waals surface area (Å²) >= 11 is 0. The lowest BCUT2D eigenvalue weighted by molar-refractivity contribution is 0.206. The topological polar surface area (TPSA) is 63.1 Å². The molecule has 1 aromatic heterocycles. The van der Waals surface area contributed by atoms with Crippen LogP contribution in [0, 0.1) is 0 Å². The highest BCUT2D eigenvalue weighted by Gasteiger charge is 2.32. The van der Waals surface area contributed by atoms with Gasteiger partial charge in [-0.25, -0.2) is 9.78 Å². The van der Waals surface area contributed by atoms with Gasteiger partial charge >= 0.3 is 6.03 Å². The van der Waals surface area contributed by atoms with E-state index in [9.17, 15) is 4.79 Å². The Morgan fingerprint density at radius 2 is 1.88 bits per heavy atom. The number of nitrogens with one attached hydrogen (secondary N) is 1. The second-order valence-electron chi connectivity index (χ2n) is 6.59. The van der Waals surface area contributed by atoms with Gasteiger partial charge in [-0.3, -0.25) is 4.68 Å². The molecule has 0 saturated heterocycles. The van der Waals surface area contributed by atoms with Gasteiger partial charge < -0.3 is 10.2 Å². The van der Waals surface area contributed by atoms with Crippen molar-refractivity contribution in [3.05, 3.63) is 66.5 Å². The predicted octanol–water partition coefficient (Wildman–Crippen LogP) is 3.68. The average Bonchev–Trinajstić information content (AvgIpc) is 3.41. The molecule has 1 aliphatic rings. The second kappa shape index (κ2) is 7.00. The zero-order valence-corrected chi connectivity index (χ0v) is 14.7. The van der Waals surface area contributed by atoms with Crippen molar-refractivity contribution in [3.63, 3.8) is 0 Å². The van der Waals surface area contributed by atoms with Gasteiger partial charge in [-0.05, 0) is 42.7 Å². The third-order valence-electron chi connectivity index (χ3n) is 4.44. The van der Waals surface area contributed by atoms with E-state index in [1.54, 1.807) is 11.0 Å². The first-order valence-electron chi connectivity index (χ1n) is 8.77. The van der Waals surface area contributed by atoms with Gasteiger partial charge in [-0.1, -0.05) is 30.3 Å². The number of urea groups is 1. The van der Waals surface area contributed by atoms with Gasteiger partial charge in [-0.15, -0.1) is 0 Å². The predicted molar refractivity (Wildman–Crippen MR) is 100 cm³/mol. The van der Waals surface area contributed by atoms with Crippen molar-refractivity contribution < 1.29 is 4.79 Å². The smallest absolute Gasteiger partial charge is 0.317 e. The highest BCUT2D eigenvalue weighted by atomic mass is 16.2. The van der Waals surface area contributed by atoms with Crippen molar-refractivity contribution in [3.8, 4) is 11.4 Å². The Balaban J connectivity index is 1.44. The number of benzene rings is 2. The average molecular weight is 347 g/mol. The summed E-state index contributed by atoms with van der Waals surface area (Å²) in [6.45, 7) is 0.632. The van der Waals surface area contributed by atoms with E-state index in [0.717, 1.165) is 29.7 Å².